The quantitative estimate of drug-likeness (QED) is 0.869. The number of carbonyl (C=O) groups excluding carboxylic acids is 1. The van der Waals surface area contributed by atoms with Crippen LogP contribution in [-0.2, 0) is 9.53 Å². The summed E-state index contributed by atoms with van der Waals surface area (Å²) in [4.78, 5) is 15.4. The minimum Gasteiger partial charge on any atom is -0.377 e. The number of benzene rings is 2. The molecule has 1 amide bonds. The van der Waals surface area contributed by atoms with Crippen molar-refractivity contribution in [3.8, 4) is 0 Å². The molecule has 1 saturated heterocycles. The molecule has 0 saturated carbocycles. The first-order valence-electron chi connectivity index (χ1n) is 8.18. The smallest absolute Gasteiger partial charge is 0.235 e. The van der Waals surface area contributed by atoms with Gasteiger partial charge in [0.05, 0.1) is 31.2 Å². The normalized spacial score (nSPS) is 21.4. The van der Waals surface area contributed by atoms with Gasteiger partial charge in [0.1, 0.15) is 0 Å². The third-order valence-electron chi connectivity index (χ3n) is 4.44. The summed E-state index contributed by atoms with van der Waals surface area (Å²) < 4.78 is 5.57. The molecule has 0 spiro atoms. The lowest BCUT2D eigenvalue weighted by atomic mass is 9.89. The van der Waals surface area contributed by atoms with E-state index in [9.17, 15) is 4.79 Å². The van der Waals surface area contributed by atoms with Crippen molar-refractivity contribution in [2.45, 2.75) is 31.8 Å². The SMILES string of the molecule is CC1COCC(C)N1C(=O)C(c1ccccc1)c1ccccc1. The van der Waals surface area contributed by atoms with Crippen LogP contribution in [-0.4, -0.2) is 36.1 Å². The van der Waals surface area contributed by atoms with Crippen LogP contribution in [0.5, 0.6) is 0 Å². The number of amides is 1. The Morgan fingerprint density at radius 2 is 1.35 bits per heavy atom. The number of morpholine rings is 1. The Kier molecular flexibility index (Phi) is 4.77. The van der Waals surface area contributed by atoms with E-state index < -0.39 is 0 Å². The van der Waals surface area contributed by atoms with Crippen molar-refractivity contribution in [1.29, 1.82) is 0 Å². The molecule has 1 aliphatic heterocycles. The summed E-state index contributed by atoms with van der Waals surface area (Å²) in [6.45, 7) is 5.32. The van der Waals surface area contributed by atoms with Gasteiger partial charge in [-0.05, 0) is 25.0 Å². The van der Waals surface area contributed by atoms with Crippen LogP contribution in [0.2, 0.25) is 0 Å². The van der Waals surface area contributed by atoms with Gasteiger partial charge in [-0.15, -0.1) is 0 Å². The third-order valence-corrected chi connectivity index (χ3v) is 4.44. The number of carbonyl (C=O) groups is 1. The van der Waals surface area contributed by atoms with Crippen molar-refractivity contribution >= 4 is 5.91 Å². The summed E-state index contributed by atoms with van der Waals surface area (Å²) >= 11 is 0. The van der Waals surface area contributed by atoms with Gasteiger partial charge in [-0.1, -0.05) is 60.7 Å². The number of ether oxygens (including phenoxy) is 1. The highest BCUT2D eigenvalue weighted by Gasteiger charge is 2.35. The minimum absolute atomic E-state index is 0.0983. The maximum Gasteiger partial charge on any atom is 0.235 e. The van der Waals surface area contributed by atoms with Crippen LogP contribution < -0.4 is 0 Å². The average Bonchev–Trinajstić information content (AvgIpc) is 2.57. The lowest BCUT2D eigenvalue weighted by Gasteiger charge is -2.40. The molecule has 1 fully saturated rings. The molecule has 2 unspecified atom stereocenters. The molecular formula is C20H23NO2. The molecule has 0 radical (unpaired) electrons. The fourth-order valence-corrected chi connectivity index (χ4v) is 3.36. The summed E-state index contributed by atoms with van der Waals surface area (Å²) in [6.07, 6.45) is 0. The number of hydrogen-bond acceptors (Lipinski definition) is 2. The third kappa shape index (κ3) is 3.30. The maximum absolute atomic E-state index is 13.4. The molecule has 1 aliphatic rings. The zero-order valence-corrected chi connectivity index (χ0v) is 13.7. The van der Waals surface area contributed by atoms with Gasteiger partial charge < -0.3 is 9.64 Å². The summed E-state index contributed by atoms with van der Waals surface area (Å²) in [5.74, 6) is -0.105. The van der Waals surface area contributed by atoms with Crippen molar-refractivity contribution in [2.75, 3.05) is 13.2 Å². The van der Waals surface area contributed by atoms with Gasteiger partial charge >= 0.3 is 0 Å². The van der Waals surface area contributed by atoms with Crippen LogP contribution in [0.1, 0.15) is 30.9 Å². The Morgan fingerprint density at radius 1 is 0.913 bits per heavy atom. The fourth-order valence-electron chi connectivity index (χ4n) is 3.36. The lowest BCUT2D eigenvalue weighted by molar-refractivity contribution is -0.144. The van der Waals surface area contributed by atoms with Gasteiger partial charge in [0.25, 0.3) is 0 Å². The average molecular weight is 309 g/mol. The summed E-state index contributed by atoms with van der Waals surface area (Å²) in [6, 6.07) is 20.3. The highest BCUT2D eigenvalue weighted by molar-refractivity contribution is 5.87. The standard InChI is InChI=1S/C20H23NO2/c1-15-13-23-14-16(2)21(15)20(22)19(17-9-5-3-6-10-17)18-11-7-4-8-12-18/h3-12,15-16,19H,13-14H2,1-2H3. The molecule has 2 atom stereocenters. The Labute approximate surface area is 137 Å². The Bertz CT molecular complexity index is 592. The first-order chi connectivity index (χ1) is 11.2. The van der Waals surface area contributed by atoms with E-state index in [-0.39, 0.29) is 23.9 Å². The van der Waals surface area contributed by atoms with Crippen molar-refractivity contribution in [2.24, 2.45) is 0 Å². The van der Waals surface area contributed by atoms with E-state index in [0.717, 1.165) is 11.1 Å². The van der Waals surface area contributed by atoms with E-state index >= 15 is 0 Å². The zero-order chi connectivity index (χ0) is 16.2. The van der Waals surface area contributed by atoms with Crippen molar-refractivity contribution < 1.29 is 9.53 Å². The molecule has 120 valence electrons. The van der Waals surface area contributed by atoms with Crippen LogP contribution in [0.4, 0.5) is 0 Å². The molecule has 1 heterocycles. The molecule has 2 aromatic carbocycles. The van der Waals surface area contributed by atoms with Crippen LogP contribution in [0.3, 0.4) is 0 Å². The van der Waals surface area contributed by atoms with E-state index in [0.29, 0.717) is 13.2 Å². The van der Waals surface area contributed by atoms with Crippen LogP contribution in [0.25, 0.3) is 0 Å². The highest BCUT2D eigenvalue weighted by atomic mass is 16.5. The number of rotatable bonds is 3. The lowest BCUT2D eigenvalue weighted by Crippen LogP contribution is -2.54. The molecule has 0 aromatic heterocycles. The molecule has 0 N–H and O–H groups in total. The topological polar surface area (TPSA) is 29.5 Å². The van der Waals surface area contributed by atoms with Crippen LogP contribution >= 0.6 is 0 Å². The van der Waals surface area contributed by atoms with Crippen molar-refractivity contribution in [3.63, 3.8) is 0 Å². The predicted molar refractivity (Wildman–Crippen MR) is 91.3 cm³/mol. The zero-order valence-electron chi connectivity index (χ0n) is 13.7. The Balaban J connectivity index is 2.00. The van der Waals surface area contributed by atoms with E-state index in [1.165, 1.54) is 0 Å². The predicted octanol–water partition coefficient (Wildman–Crippen LogP) is 3.45. The second-order valence-electron chi connectivity index (χ2n) is 6.24. The largest absolute Gasteiger partial charge is 0.377 e. The molecule has 2 aromatic rings. The number of hydrogen-bond donors (Lipinski definition) is 0. The molecule has 3 heteroatoms. The van der Waals surface area contributed by atoms with Gasteiger partial charge in [-0.3, -0.25) is 4.79 Å². The summed E-state index contributed by atoms with van der Waals surface area (Å²) in [5.41, 5.74) is 2.07. The second kappa shape index (κ2) is 6.97. The number of nitrogens with zero attached hydrogens (tertiary/aromatic N) is 1. The second-order valence-corrected chi connectivity index (χ2v) is 6.24. The van der Waals surface area contributed by atoms with E-state index in [2.05, 4.69) is 13.8 Å². The highest BCUT2D eigenvalue weighted by Crippen LogP contribution is 2.29. The molecule has 0 bridgehead atoms. The molecule has 23 heavy (non-hydrogen) atoms. The molecule has 0 aliphatic carbocycles. The fraction of sp³-hybridized carbons (Fsp3) is 0.350. The Hall–Kier alpha value is -2.13. The van der Waals surface area contributed by atoms with Gasteiger partial charge in [0, 0.05) is 0 Å². The van der Waals surface area contributed by atoms with Crippen molar-refractivity contribution in [3.05, 3.63) is 71.8 Å². The minimum atomic E-state index is -0.264. The van der Waals surface area contributed by atoms with Crippen LogP contribution in [0, 0.1) is 0 Å². The van der Waals surface area contributed by atoms with Gasteiger partial charge in [0.15, 0.2) is 0 Å². The first-order valence-corrected chi connectivity index (χ1v) is 8.18. The molecular weight excluding hydrogens is 286 g/mol. The monoisotopic (exact) mass is 309 g/mol. The maximum atomic E-state index is 13.4. The summed E-state index contributed by atoms with van der Waals surface area (Å²) in [5, 5.41) is 0. The van der Waals surface area contributed by atoms with E-state index in [1.54, 1.807) is 0 Å². The van der Waals surface area contributed by atoms with Crippen molar-refractivity contribution in [1.82, 2.24) is 4.90 Å². The molecule has 3 nitrogen and oxygen atoms in total. The van der Waals surface area contributed by atoms with Gasteiger partial charge in [-0.2, -0.15) is 0 Å². The molecule has 3 rings (SSSR count). The van der Waals surface area contributed by atoms with E-state index in [1.807, 2.05) is 65.6 Å². The van der Waals surface area contributed by atoms with Gasteiger partial charge in [-0.25, -0.2) is 0 Å². The van der Waals surface area contributed by atoms with Gasteiger partial charge in [0.2, 0.25) is 5.91 Å². The van der Waals surface area contributed by atoms with Crippen LogP contribution in [0.15, 0.2) is 60.7 Å². The first kappa shape index (κ1) is 15.8. The summed E-state index contributed by atoms with van der Waals surface area (Å²) in [7, 11) is 0. The Morgan fingerprint density at radius 3 is 1.78 bits per heavy atom. The van der Waals surface area contributed by atoms with E-state index in [4.69, 9.17) is 4.74 Å².